The predicted octanol–water partition coefficient (Wildman–Crippen LogP) is 5.46. The average molecular weight is 303 g/mol. The van der Waals surface area contributed by atoms with Crippen molar-refractivity contribution in [1.82, 2.24) is 0 Å². The van der Waals surface area contributed by atoms with Crippen molar-refractivity contribution in [2.24, 2.45) is 40.9 Å². The van der Waals surface area contributed by atoms with E-state index in [-0.39, 0.29) is 0 Å². The fraction of sp³-hybridized carbons (Fsp3) is 0.905. The third-order valence-corrected chi connectivity index (χ3v) is 8.42. The smallest absolute Gasteiger partial charge is 0.0490 e. The van der Waals surface area contributed by atoms with Gasteiger partial charge in [0.05, 0.1) is 0 Å². The molecule has 0 N–H and O–H groups in total. The van der Waals surface area contributed by atoms with Crippen molar-refractivity contribution in [3.05, 3.63) is 12.2 Å². The van der Waals surface area contributed by atoms with E-state index in [1.165, 1.54) is 57.8 Å². The van der Waals surface area contributed by atoms with E-state index >= 15 is 0 Å². The fourth-order valence-electron chi connectivity index (χ4n) is 7.24. The molecule has 1 heteroatoms. The molecule has 0 aromatic carbocycles. The first-order valence-electron chi connectivity index (χ1n) is 9.80. The molecule has 124 valence electrons. The van der Waals surface area contributed by atoms with Gasteiger partial charge in [-0.15, -0.1) is 0 Å². The molecule has 0 aliphatic heterocycles. The number of rotatable bonds is 2. The molecule has 7 unspecified atom stereocenters. The number of ether oxygens (including phenoxy) is 1. The second-order valence-corrected chi connectivity index (χ2v) is 9.17. The summed E-state index contributed by atoms with van der Waals surface area (Å²) in [5.74, 6) is 5.96. The van der Waals surface area contributed by atoms with Crippen molar-refractivity contribution in [2.75, 3.05) is 13.7 Å². The van der Waals surface area contributed by atoms with Gasteiger partial charge in [-0.2, -0.15) is 0 Å². The van der Waals surface area contributed by atoms with Gasteiger partial charge in [0.1, 0.15) is 0 Å². The van der Waals surface area contributed by atoms with Crippen molar-refractivity contribution in [3.63, 3.8) is 0 Å². The van der Waals surface area contributed by atoms with Crippen LogP contribution in [-0.4, -0.2) is 13.7 Å². The van der Waals surface area contributed by atoms with Crippen LogP contribution in [0.1, 0.15) is 64.7 Å². The summed E-state index contributed by atoms with van der Waals surface area (Å²) >= 11 is 0. The zero-order chi connectivity index (χ0) is 15.3. The number of methoxy groups -OCH3 is 1. The van der Waals surface area contributed by atoms with Gasteiger partial charge >= 0.3 is 0 Å². The Kier molecular flexibility index (Phi) is 3.92. The van der Waals surface area contributed by atoms with Gasteiger partial charge in [-0.05, 0) is 98.7 Å². The maximum Gasteiger partial charge on any atom is 0.0490 e. The summed E-state index contributed by atoms with van der Waals surface area (Å²) in [5.41, 5.74) is 2.09. The van der Waals surface area contributed by atoms with E-state index < -0.39 is 0 Å². The van der Waals surface area contributed by atoms with Crippen molar-refractivity contribution in [2.45, 2.75) is 64.7 Å². The van der Waals surface area contributed by atoms with Crippen LogP contribution in [0.4, 0.5) is 0 Å². The quantitative estimate of drug-likeness (QED) is 0.616. The number of fused-ring (bicyclic) bond motifs is 5. The van der Waals surface area contributed by atoms with Gasteiger partial charge in [0.25, 0.3) is 0 Å². The summed E-state index contributed by atoms with van der Waals surface area (Å²) in [7, 11) is 1.87. The standard InChI is InChI=1S/C21H34O/c1-14-4-9-20-19-8-6-16-12-15(13-22-3)5-7-17(16)18(19)10-11-21(14,20)2/h15-20H,1,4-13H2,2-3H3. The highest BCUT2D eigenvalue weighted by atomic mass is 16.5. The van der Waals surface area contributed by atoms with Gasteiger partial charge in [-0.25, -0.2) is 0 Å². The molecule has 0 spiro atoms. The Morgan fingerprint density at radius 1 is 1.05 bits per heavy atom. The third-order valence-electron chi connectivity index (χ3n) is 8.42. The Labute approximate surface area is 136 Å². The molecule has 0 amide bonds. The summed E-state index contributed by atoms with van der Waals surface area (Å²) in [4.78, 5) is 0. The normalized spacial score (nSPS) is 51.1. The molecule has 0 saturated heterocycles. The Hall–Kier alpha value is -0.300. The lowest BCUT2D eigenvalue weighted by Crippen LogP contribution is -2.47. The average Bonchev–Trinajstić information content (AvgIpc) is 2.83. The summed E-state index contributed by atoms with van der Waals surface area (Å²) < 4.78 is 5.44. The Morgan fingerprint density at radius 2 is 1.86 bits per heavy atom. The zero-order valence-electron chi connectivity index (χ0n) is 14.7. The van der Waals surface area contributed by atoms with Gasteiger partial charge in [-0.1, -0.05) is 19.1 Å². The van der Waals surface area contributed by atoms with E-state index in [4.69, 9.17) is 4.74 Å². The third kappa shape index (κ3) is 2.22. The van der Waals surface area contributed by atoms with Crippen LogP contribution in [0.2, 0.25) is 0 Å². The van der Waals surface area contributed by atoms with Crippen molar-refractivity contribution >= 4 is 0 Å². The van der Waals surface area contributed by atoms with E-state index in [2.05, 4.69) is 13.5 Å². The SMILES string of the molecule is C=C1CCC2C3CCC4CC(COC)CCC4C3CCC12C. The number of allylic oxidation sites excluding steroid dienone is 1. The van der Waals surface area contributed by atoms with Crippen LogP contribution in [-0.2, 0) is 4.74 Å². The summed E-state index contributed by atoms with van der Waals surface area (Å²) in [6.45, 7) is 7.99. The lowest BCUT2D eigenvalue weighted by molar-refractivity contribution is -0.0537. The van der Waals surface area contributed by atoms with Crippen LogP contribution in [0.15, 0.2) is 12.2 Å². The molecule has 4 rings (SSSR count). The molecule has 4 aliphatic carbocycles. The molecule has 0 aromatic rings. The molecule has 4 saturated carbocycles. The largest absolute Gasteiger partial charge is 0.384 e. The minimum absolute atomic E-state index is 0.501. The highest BCUT2D eigenvalue weighted by Gasteiger charge is 2.54. The lowest BCUT2D eigenvalue weighted by atomic mass is 9.50. The summed E-state index contributed by atoms with van der Waals surface area (Å²) in [6, 6.07) is 0. The van der Waals surface area contributed by atoms with Crippen LogP contribution >= 0.6 is 0 Å². The lowest BCUT2D eigenvalue weighted by Gasteiger charge is -2.55. The maximum absolute atomic E-state index is 5.44. The maximum atomic E-state index is 5.44. The van der Waals surface area contributed by atoms with Gasteiger partial charge in [0.15, 0.2) is 0 Å². The van der Waals surface area contributed by atoms with Crippen LogP contribution in [0.5, 0.6) is 0 Å². The second kappa shape index (κ2) is 5.65. The molecule has 22 heavy (non-hydrogen) atoms. The Balaban J connectivity index is 1.50. The molecular weight excluding hydrogens is 268 g/mol. The topological polar surface area (TPSA) is 9.23 Å². The van der Waals surface area contributed by atoms with E-state index in [1.54, 1.807) is 5.57 Å². The van der Waals surface area contributed by atoms with Gasteiger partial charge < -0.3 is 4.74 Å². The van der Waals surface area contributed by atoms with Crippen molar-refractivity contribution < 1.29 is 4.74 Å². The van der Waals surface area contributed by atoms with Gasteiger partial charge in [-0.3, -0.25) is 0 Å². The predicted molar refractivity (Wildman–Crippen MR) is 91.6 cm³/mol. The van der Waals surface area contributed by atoms with E-state index in [9.17, 15) is 0 Å². The van der Waals surface area contributed by atoms with E-state index in [0.29, 0.717) is 5.41 Å². The first kappa shape index (κ1) is 15.2. The molecule has 4 fully saturated rings. The van der Waals surface area contributed by atoms with E-state index in [0.717, 1.165) is 42.1 Å². The monoisotopic (exact) mass is 302 g/mol. The van der Waals surface area contributed by atoms with Gasteiger partial charge in [0, 0.05) is 13.7 Å². The second-order valence-electron chi connectivity index (χ2n) is 9.17. The van der Waals surface area contributed by atoms with Gasteiger partial charge in [0.2, 0.25) is 0 Å². The molecule has 0 aromatic heterocycles. The minimum atomic E-state index is 0.501. The highest BCUT2D eigenvalue weighted by molar-refractivity contribution is 5.20. The molecule has 1 nitrogen and oxygen atoms in total. The molecule has 0 radical (unpaired) electrons. The molecular formula is C21H34O. The highest BCUT2D eigenvalue weighted by Crippen LogP contribution is 2.63. The van der Waals surface area contributed by atoms with Crippen LogP contribution < -0.4 is 0 Å². The van der Waals surface area contributed by atoms with Crippen LogP contribution in [0.3, 0.4) is 0 Å². The zero-order valence-corrected chi connectivity index (χ0v) is 14.7. The molecule has 4 aliphatic rings. The van der Waals surface area contributed by atoms with Crippen LogP contribution in [0, 0.1) is 40.9 Å². The molecule has 0 heterocycles. The van der Waals surface area contributed by atoms with E-state index in [1.807, 2.05) is 7.11 Å². The Bertz CT molecular complexity index is 441. The number of hydrogen-bond acceptors (Lipinski definition) is 1. The van der Waals surface area contributed by atoms with Crippen molar-refractivity contribution in [3.8, 4) is 0 Å². The van der Waals surface area contributed by atoms with Crippen LogP contribution in [0.25, 0.3) is 0 Å². The Morgan fingerprint density at radius 3 is 2.68 bits per heavy atom. The first-order chi connectivity index (χ1) is 10.6. The summed E-state index contributed by atoms with van der Waals surface area (Å²) in [5, 5.41) is 0. The number of hydrogen-bond donors (Lipinski definition) is 0. The first-order valence-corrected chi connectivity index (χ1v) is 9.80. The molecule has 0 bridgehead atoms. The minimum Gasteiger partial charge on any atom is -0.384 e. The fourth-order valence-corrected chi connectivity index (χ4v) is 7.24. The summed E-state index contributed by atoms with van der Waals surface area (Å²) in [6.07, 6.45) is 13.1. The van der Waals surface area contributed by atoms with Crippen molar-refractivity contribution in [1.29, 1.82) is 0 Å². The molecule has 7 atom stereocenters.